The number of carbonyl (C=O) groups is 1. The molecule has 0 spiro atoms. The van der Waals surface area contributed by atoms with Gasteiger partial charge in [0.05, 0.1) is 0 Å². The lowest BCUT2D eigenvalue weighted by Crippen LogP contribution is -2.08. The van der Waals surface area contributed by atoms with E-state index in [0.29, 0.717) is 0 Å². The molecule has 0 fully saturated rings. The molecule has 0 radical (unpaired) electrons. The van der Waals surface area contributed by atoms with Crippen LogP contribution < -0.4 is 5.73 Å². The second-order valence-corrected chi connectivity index (χ2v) is 0.964. The molecule has 4 nitrogen and oxygen atoms in total. The average molecular weight is 116 g/mol. The lowest BCUT2D eigenvalue weighted by Gasteiger charge is -1.90. The van der Waals surface area contributed by atoms with Crippen LogP contribution in [-0.4, -0.2) is 19.0 Å². The van der Waals surface area contributed by atoms with Crippen LogP contribution in [0.5, 0.6) is 0 Å². The van der Waals surface area contributed by atoms with E-state index >= 15 is 0 Å². The van der Waals surface area contributed by atoms with Gasteiger partial charge in [-0.1, -0.05) is 0 Å². The molecule has 0 bridgehead atoms. The van der Waals surface area contributed by atoms with Gasteiger partial charge in [0.15, 0.2) is 0 Å². The summed E-state index contributed by atoms with van der Waals surface area (Å²) in [5.74, 6) is 0. The molecule has 0 rings (SSSR count). The van der Waals surface area contributed by atoms with Gasteiger partial charge in [0.1, 0.15) is 6.73 Å². The fourth-order valence-corrected chi connectivity index (χ4v) is 0.214. The molecule has 1 amide bonds. The normalized spacial score (nSPS) is 9.75. The summed E-state index contributed by atoms with van der Waals surface area (Å²) < 4.78 is 4.22. The Morgan fingerprint density at radius 2 is 2.62 bits per heavy atom. The summed E-state index contributed by atoms with van der Waals surface area (Å²) in [5.41, 5.74) is 4.84. The van der Waals surface area contributed by atoms with Crippen LogP contribution in [-0.2, 0) is 4.74 Å². The SMILES string of the molecule is CC=NC(=O)OCN. The molecule has 0 aliphatic carbocycles. The number of hydrogen-bond donors (Lipinski definition) is 1. The van der Waals surface area contributed by atoms with Crippen molar-refractivity contribution in [1.82, 2.24) is 0 Å². The maximum atomic E-state index is 10.1. The highest BCUT2D eigenvalue weighted by Gasteiger charge is 1.90. The van der Waals surface area contributed by atoms with Gasteiger partial charge in [0.2, 0.25) is 0 Å². The van der Waals surface area contributed by atoms with E-state index in [1.807, 2.05) is 0 Å². The minimum atomic E-state index is -0.644. The lowest BCUT2D eigenvalue weighted by atomic mass is 10.9. The molecule has 0 aliphatic rings. The minimum absolute atomic E-state index is 0.115. The number of aliphatic imine (C=N–C) groups is 1. The lowest BCUT2D eigenvalue weighted by molar-refractivity contribution is 0.160. The van der Waals surface area contributed by atoms with Crippen LogP contribution in [0.3, 0.4) is 0 Å². The molecule has 0 aliphatic heterocycles. The van der Waals surface area contributed by atoms with Crippen molar-refractivity contribution >= 4 is 12.3 Å². The number of carbonyl (C=O) groups excluding carboxylic acids is 1. The standard InChI is InChI=1S/C4H8N2O2/c1-2-6-4(7)8-3-5/h2H,3,5H2,1H3. The molecular formula is C4H8N2O2. The van der Waals surface area contributed by atoms with Crippen molar-refractivity contribution in [3.05, 3.63) is 0 Å². The van der Waals surface area contributed by atoms with Gasteiger partial charge >= 0.3 is 6.09 Å². The molecule has 8 heavy (non-hydrogen) atoms. The molecule has 2 N–H and O–H groups in total. The summed E-state index contributed by atoms with van der Waals surface area (Å²) in [6.45, 7) is 1.51. The topological polar surface area (TPSA) is 64.7 Å². The summed E-state index contributed by atoms with van der Waals surface area (Å²) >= 11 is 0. The van der Waals surface area contributed by atoms with Crippen LogP contribution >= 0.6 is 0 Å². The highest BCUT2D eigenvalue weighted by atomic mass is 16.6. The first-order valence-electron chi connectivity index (χ1n) is 2.16. The zero-order chi connectivity index (χ0) is 6.41. The Bertz CT molecular complexity index is 100. The molecule has 0 unspecified atom stereocenters. The van der Waals surface area contributed by atoms with Gasteiger partial charge in [-0.2, -0.15) is 4.99 Å². The quantitative estimate of drug-likeness (QED) is 0.391. The Balaban J connectivity index is 3.33. The second kappa shape index (κ2) is 4.26. The van der Waals surface area contributed by atoms with Crippen molar-refractivity contribution in [2.75, 3.05) is 6.73 Å². The molecule has 0 saturated heterocycles. The van der Waals surface area contributed by atoms with Crippen LogP contribution in [0.1, 0.15) is 6.92 Å². The maximum Gasteiger partial charge on any atom is 0.434 e. The molecule has 0 aromatic rings. The molecule has 0 atom stereocenters. The highest BCUT2D eigenvalue weighted by Crippen LogP contribution is 1.76. The van der Waals surface area contributed by atoms with E-state index < -0.39 is 6.09 Å². The fourth-order valence-electron chi connectivity index (χ4n) is 0.214. The first kappa shape index (κ1) is 7.10. The number of rotatable bonds is 1. The number of amides is 1. The molecule has 0 heterocycles. The third-order valence-electron chi connectivity index (χ3n) is 0.441. The fraction of sp³-hybridized carbons (Fsp3) is 0.500. The number of nitrogens with two attached hydrogens (primary N) is 1. The zero-order valence-corrected chi connectivity index (χ0v) is 4.63. The summed E-state index contributed by atoms with van der Waals surface area (Å²) in [6.07, 6.45) is 0.702. The van der Waals surface area contributed by atoms with E-state index in [9.17, 15) is 4.79 Å². The van der Waals surface area contributed by atoms with Crippen molar-refractivity contribution in [1.29, 1.82) is 0 Å². The molecule has 4 heteroatoms. The Labute approximate surface area is 47.3 Å². The van der Waals surface area contributed by atoms with Gasteiger partial charge in [-0.15, -0.1) is 0 Å². The average Bonchev–Trinajstić information content (AvgIpc) is 1.68. The first-order valence-corrected chi connectivity index (χ1v) is 2.16. The van der Waals surface area contributed by atoms with E-state index in [1.165, 1.54) is 6.21 Å². The van der Waals surface area contributed by atoms with E-state index in [0.717, 1.165) is 0 Å². The van der Waals surface area contributed by atoms with Crippen LogP contribution in [0.2, 0.25) is 0 Å². The predicted octanol–water partition coefficient (Wildman–Crippen LogP) is 0.130. The molecule has 46 valence electrons. The Morgan fingerprint density at radius 3 is 3.00 bits per heavy atom. The summed E-state index contributed by atoms with van der Waals surface area (Å²) in [5, 5.41) is 0. The first-order chi connectivity index (χ1) is 3.81. The van der Waals surface area contributed by atoms with Crippen LogP contribution in [0.15, 0.2) is 4.99 Å². The third kappa shape index (κ3) is 3.30. The second-order valence-electron chi connectivity index (χ2n) is 0.964. The summed E-state index contributed by atoms with van der Waals surface area (Å²) in [6, 6.07) is 0. The van der Waals surface area contributed by atoms with E-state index in [4.69, 9.17) is 5.73 Å². The van der Waals surface area contributed by atoms with Crippen LogP contribution in [0.4, 0.5) is 4.79 Å². The Morgan fingerprint density at radius 1 is 2.00 bits per heavy atom. The Kier molecular flexibility index (Phi) is 3.78. The maximum absolute atomic E-state index is 10.1. The van der Waals surface area contributed by atoms with Gasteiger partial charge in [0.25, 0.3) is 0 Å². The molecule has 0 saturated carbocycles. The van der Waals surface area contributed by atoms with Gasteiger partial charge in [-0.25, -0.2) is 4.79 Å². The molecule has 0 aromatic carbocycles. The number of hydrogen-bond acceptors (Lipinski definition) is 3. The van der Waals surface area contributed by atoms with Crippen LogP contribution in [0.25, 0.3) is 0 Å². The predicted molar refractivity (Wildman–Crippen MR) is 29.7 cm³/mol. The van der Waals surface area contributed by atoms with E-state index in [-0.39, 0.29) is 6.73 Å². The molecule has 0 aromatic heterocycles. The van der Waals surface area contributed by atoms with Crippen LogP contribution in [0, 0.1) is 0 Å². The Hall–Kier alpha value is -0.900. The van der Waals surface area contributed by atoms with Crippen molar-refractivity contribution in [2.45, 2.75) is 6.92 Å². The van der Waals surface area contributed by atoms with Crippen molar-refractivity contribution in [3.63, 3.8) is 0 Å². The van der Waals surface area contributed by atoms with Gasteiger partial charge in [0, 0.05) is 6.21 Å². The monoisotopic (exact) mass is 116 g/mol. The molecular weight excluding hydrogens is 108 g/mol. The summed E-state index contributed by atoms with van der Waals surface area (Å²) in [4.78, 5) is 13.4. The van der Waals surface area contributed by atoms with Gasteiger partial charge < -0.3 is 4.74 Å². The number of nitrogens with zero attached hydrogens (tertiary/aromatic N) is 1. The van der Waals surface area contributed by atoms with Crippen molar-refractivity contribution < 1.29 is 9.53 Å². The largest absolute Gasteiger partial charge is 0.434 e. The third-order valence-corrected chi connectivity index (χ3v) is 0.441. The zero-order valence-electron chi connectivity index (χ0n) is 4.63. The summed E-state index contributed by atoms with van der Waals surface area (Å²) in [7, 11) is 0. The van der Waals surface area contributed by atoms with E-state index in [1.54, 1.807) is 6.92 Å². The van der Waals surface area contributed by atoms with Crippen molar-refractivity contribution in [2.24, 2.45) is 10.7 Å². The number of ether oxygens (including phenoxy) is 1. The smallest absolute Gasteiger partial charge is 0.432 e. The van der Waals surface area contributed by atoms with E-state index in [2.05, 4.69) is 9.73 Å². The minimum Gasteiger partial charge on any atom is -0.432 e. The van der Waals surface area contributed by atoms with Crippen molar-refractivity contribution in [3.8, 4) is 0 Å². The highest BCUT2D eigenvalue weighted by molar-refractivity contribution is 5.78. The van der Waals surface area contributed by atoms with Gasteiger partial charge in [-0.05, 0) is 6.92 Å². The van der Waals surface area contributed by atoms with Gasteiger partial charge in [-0.3, -0.25) is 5.73 Å².